The Labute approximate surface area is 117 Å². The highest BCUT2D eigenvalue weighted by molar-refractivity contribution is 14.1. The van der Waals surface area contributed by atoms with Crippen molar-refractivity contribution in [3.63, 3.8) is 0 Å². The maximum Gasteiger partial charge on any atom is 0.253 e. The van der Waals surface area contributed by atoms with Gasteiger partial charge >= 0.3 is 0 Å². The second kappa shape index (κ2) is 6.33. The van der Waals surface area contributed by atoms with Gasteiger partial charge < -0.3 is 5.32 Å². The molecule has 94 valence electrons. The summed E-state index contributed by atoms with van der Waals surface area (Å²) in [5.41, 5.74) is 2.40. The maximum atomic E-state index is 12.1. The summed E-state index contributed by atoms with van der Waals surface area (Å²) in [6.45, 7) is 8.03. The van der Waals surface area contributed by atoms with E-state index in [1.54, 1.807) is 0 Å². The Morgan fingerprint density at radius 1 is 1.41 bits per heavy atom. The summed E-state index contributed by atoms with van der Waals surface area (Å²) in [6, 6.07) is 3.93. The van der Waals surface area contributed by atoms with E-state index >= 15 is 0 Å². The van der Waals surface area contributed by atoms with Gasteiger partial charge in [0.2, 0.25) is 0 Å². The molecule has 0 fully saturated rings. The molecular formula is C13H19IN2O. The molecule has 1 aromatic heterocycles. The lowest BCUT2D eigenvalue weighted by Crippen LogP contribution is -2.40. The summed E-state index contributed by atoms with van der Waals surface area (Å²) in [6.07, 6.45) is 0. The first-order valence-corrected chi connectivity index (χ1v) is 7.29. The van der Waals surface area contributed by atoms with E-state index in [1.165, 1.54) is 0 Å². The summed E-state index contributed by atoms with van der Waals surface area (Å²) in [4.78, 5) is 16.4. The van der Waals surface area contributed by atoms with Crippen molar-refractivity contribution in [2.45, 2.75) is 33.7 Å². The van der Waals surface area contributed by atoms with Gasteiger partial charge in [-0.05, 0) is 31.9 Å². The number of pyridine rings is 1. The lowest BCUT2D eigenvalue weighted by Gasteiger charge is -2.20. The average Bonchev–Trinajstić information content (AvgIpc) is 2.24. The highest BCUT2D eigenvalue weighted by atomic mass is 127. The second-order valence-electron chi connectivity index (χ2n) is 4.56. The molecule has 1 atom stereocenters. The standard InChI is InChI=1S/C13H19IN2O/c1-8(2)12(7-14)16-13(17)11-6-5-9(3)15-10(11)4/h5-6,8,12H,7H2,1-4H3,(H,16,17). The van der Waals surface area contributed by atoms with Gasteiger partial charge in [0.05, 0.1) is 11.3 Å². The Balaban J connectivity index is 2.82. The summed E-state index contributed by atoms with van der Waals surface area (Å²) < 4.78 is 0.916. The fourth-order valence-corrected chi connectivity index (χ4v) is 2.79. The fourth-order valence-electron chi connectivity index (χ4n) is 1.56. The number of rotatable bonds is 4. The lowest BCUT2D eigenvalue weighted by atomic mass is 10.1. The molecule has 17 heavy (non-hydrogen) atoms. The van der Waals surface area contributed by atoms with E-state index in [0.717, 1.165) is 15.8 Å². The molecule has 0 aliphatic rings. The fraction of sp³-hybridized carbons (Fsp3) is 0.538. The number of carbonyl (C=O) groups excluding carboxylic acids is 1. The number of alkyl halides is 1. The molecule has 0 saturated carbocycles. The molecule has 1 heterocycles. The van der Waals surface area contributed by atoms with Crippen LogP contribution < -0.4 is 5.32 Å². The molecule has 0 bridgehead atoms. The van der Waals surface area contributed by atoms with Gasteiger partial charge in [-0.2, -0.15) is 0 Å². The van der Waals surface area contributed by atoms with Gasteiger partial charge in [0, 0.05) is 16.2 Å². The van der Waals surface area contributed by atoms with E-state index in [0.29, 0.717) is 11.5 Å². The molecule has 4 heteroatoms. The number of hydrogen-bond acceptors (Lipinski definition) is 2. The maximum absolute atomic E-state index is 12.1. The first-order chi connectivity index (χ1) is 7.95. The van der Waals surface area contributed by atoms with Crippen molar-refractivity contribution < 1.29 is 4.79 Å². The van der Waals surface area contributed by atoms with Crippen molar-refractivity contribution in [2.24, 2.45) is 5.92 Å². The molecule has 1 amide bonds. The Morgan fingerprint density at radius 3 is 2.53 bits per heavy atom. The number of halogens is 1. The molecule has 0 aliphatic heterocycles. The minimum Gasteiger partial charge on any atom is -0.348 e. The van der Waals surface area contributed by atoms with Crippen molar-refractivity contribution >= 4 is 28.5 Å². The van der Waals surface area contributed by atoms with E-state index in [-0.39, 0.29) is 11.9 Å². The zero-order valence-corrected chi connectivity index (χ0v) is 12.9. The lowest BCUT2D eigenvalue weighted by molar-refractivity contribution is 0.0931. The highest BCUT2D eigenvalue weighted by Crippen LogP contribution is 2.10. The number of hydrogen-bond donors (Lipinski definition) is 1. The molecule has 1 unspecified atom stereocenters. The summed E-state index contributed by atoms with van der Waals surface area (Å²) in [5.74, 6) is 0.417. The van der Waals surface area contributed by atoms with Crippen LogP contribution in [0.5, 0.6) is 0 Å². The largest absolute Gasteiger partial charge is 0.348 e. The van der Waals surface area contributed by atoms with Crippen LogP contribution in [0.4, 0.5) is 0 Å². The van der Waals surface area contributed by atoms with Gasteiger partial charge in [-0.25, -0.2) is 0 Å². The summed E-state index contributed by atoms with van der Waals surface area (Å²) in [5, 5.41) is 3.06. The summed E-state index contributed by atoms with van der Waals surface area (Å²) in [7, 11) is 0. The zero-order valence-electron chi connectivity index (χ0n) is 10.7. The van der Waals surface area contributed by atoms with E-state index < -0.39 is 0 Å². The number of aryl methyl sites for hydroxylation is 2. The van der Waals surface area contributed by atoms with Crippen molar-refractivity contribution in [1.29, 1.82) is 0 Å². The number of nitrogens with one attached hydrogen (secondary N) is 1. The predicted molar refractivity (Wildman–Crippen MR) is 78.7 cm³/mol. The molecule has 0 spiro atoms. The Morgan fingerprint density at radius 2 is 2.06 bits per heavy atom. The molecule has 3 nitrogen and oxygen atoms in total. The molecule has 0 radical (unpaired) electrons. The molecule has 1 N–H and O–H groups in total. The molecule has 0 aromatic carbocycles. The Bertz CT molecular complexity index is 404. The van der Waals surface area contributed by atoms with Gasteiger partial charge in [-0.3, -0.25) is 9.78 Å². The van der Waals surface area contributed by atoms with Crippen molar-refractivity contribution in [1.82, 2.24) is 10.3 Å². The van der Waals surface area contributed by atoms with Gasteiger partial charge in [-0.15, -0.1) is 0 Å². The molecular weight excluding hydrogens is 327 g/mol. The van der Waals surface area contributed by atoms with Crippen LogP contribution in [-0.2, 0) is 0 Å². The van der Waals surface area contributed by atoms with Crippen LogP contribution in [0.2, 0.25) is 0 Å². The van der Waals surface area contributed by atoms with Crippen LogP contribution in [0.15, 0.2) is 12.1 Å². The van der Waals surface area contributed by atoms with Crippen molar-refractivity contribution in [2.75, 3.05) is 4.43 Å². The molecule has 1 rings (SSSR count). The molecule has 0 aliphatic carbocycles. The van der Waals surface area contributed by atoms with E-state index in [9.17, 15) is 4.79 Å². The smallest absolute Gasteiger partial charge is 0.253 e. The zero-order chi connectivity index (χ0) is 13.0. The summed E-state index contributed by atoms with van der Waals surface area (Å²) >= 11 is 2.30. The van der Waals surface area contributed by atoms with E-state index in [2.05, 4.69) is 46.7 Å². The van der Waals surface area contributed by atoms with Crippen molar-refractivity contribution in [3.8, 4) is 0 Å². The van der Waals surface area contributed by atoms with E-state index in [4.69, 9.17) is 0 Å². The first-order valence-electron chi connectivity index (χ1n) is 5.76. The number of carbonyl (C=O) groups is 1. The number of nitrogens with zero attached hydrogens (tertiary/aromatic N) is 1. The van der Waals surface area contributed by atoms with Crippen LogP contribution in [0.1, 0.15) is 35.6 Å². The van der Waals surface area contributed by atoms with Crippen LogP contribution in [-0.4, -0.2) is 21.4 Å². The van der Waals surface area contributed by atoms with Gasteiger partial charge in [0.15, 0.2) is 0 Å². The van der Waals surface area contributed by atoms with Crippen molar-refractivity contribution in [3.05, 3.63) is 29.1 Å². The third-order valence-electron chi connectivity index (χ3n) is 2.76. The quantitative estimate of drug-likeness (QED) is 0.673. The highest BCUT2D eigenvalue weighted by Gasteiger charge is 2.17. The third kappa shape index (κ3) is 3.94. The number of aromatic nitrogens is 1. The number of amides is 1. The Kier molecular flexibility index (Phi) is 5.36. The molecule has 1 aromatic rings. The van der Waals surface area contributed by atoms with Crippen LogP contribution in [0, 0.1) is 19.8 Å². The average molecular weight is 346 g/mol. The SMILES string of the molecule is Cc1ccc(C(=O)NC(CI)C(C)C)c(C)n1. The van der Waals surface area contributed by atoms with Gasteiger partial charge in [0.1, 0.15) is 0 Å². The van der Waals surface area contributed by atoms with Gasteiger partial charge in [-0.1, -0.05) is 36.4 Å². The first kappa shape index (κ1) is 14.4. The predicted octanol–water partition coefficient (Wildman–Crippen LogP) is 2.89. The minimum absolute atomic E-state index is 0.0228. The Hall–Kier alpha value is -0.650. The van der Waals surface area contributed by atoms with Gasteiger partial charge in [0.25, 0.3) is 5.91 Å². The topological polar surface area (TPSA) is 42.0 Å². The van der Waals surface area contributed by atoms with E-state index in [1.807, 2.05) is 26.0 Å². The normalized spacial score (nSPS) is 12.6. The van der Waals surface area contributed by atoms with Crippen LogP contribution in [0.3, 0.4) is 0 Å². The third-order valence-corrected chi connectivity index (χ3v) is 3.71. The monoisotopic (exact) mass is 346 g/mol. The minimum atomic E-state index is -0.0228. The molecule has 0 saturated heterocycles. The second-order valence-corrected chi connectivity index (χ2v) is 5.44. The van der Waals surface area contributed by atoms with Crippen LogP contribution in [0.25, 0.3) is 0 Å². The van der Waals surface area contributed by atoms with Crippen LogP contribution >= 0.6 is 22.6 Å².